The lowest BCUT2D eigenvalue weighted by Crippen LogP contribution is -2.39. The van der Waals surface area contributed by atoms with E-state index in [4.69, 9.17) is 0 Å². The Labute approximate surface area is 140 Å². The monoisotopic (exact) mass is 367 g/mol. The highest BCUT2D eigenvalue weighted by atomic mass is 79.9. The molecule has 0 unspecified atom stereocenters. The Morgan fingerprint density at radius 2 is 1.78 bits per heavy atom. The summed E-state index contributed by atoms with van der Waals surface area (Å²) < 4.78 is 0.862. The molecule has 0 fully saturated rings. The summed E-state index contributed by atoms with van der Waals surface area (Å²) in [4.78, 5) is 34.9. The molecule has 112 valence electrons. The Kier molecular flexibility index (Phi) is 3.20. The first-order valence-electron chi connectivity index (χ1n) is 6.99. The molecule has 1 aromatic heterocycles. The van der Waals surface area contributed by atoms with Gasteiger partial charge in [-0.1, -0.05) is 28.1 Å². The van der Waals surface area contributed by atoms with Gasteiger partial charge < -0.3 is 0 Å². The number of amides is 2. The third kappa shape index (κ3) is 2.14. The van der Waals surface area contributed by atoms with Gasteiger partial charge in [0.1, 0.15) is 0 Å². The molecule has 0 bridgehead atoms. The predicted octanol–water partition coefficient (Wildman–Crippen LogP) is 3.19. The summed E-state index contributed by atoms with van der Waals surface area (Å²) in [6.45, 7) is 0.109. The van der Waals surface area contributed by atoms with Gasteiger partial charge in [0.15, 0.2) is 0 Å². The molecule has 1 aliphatic heterocycles. The number of hydrogen-bond acceptors (Lipinski definition) is 4. The van der Waals surface area contributed by atoms with Gasteiger partial charge in [0.2, 0.25) is 0 Å². The predicted molar refractivity (Wildman–Crippen MR) is 87.9 cm³/mol. The van der Waals surface area contributed by atoms with Crippen LogP contribution in [0.2, 0.25) is 0 Å². The molecule has 0 saturated heterocycles. The van der Waals surface area contributed by atoms with Crippen LogP contribution in [0, 0.1) is 0 Å². The van der Waals surface area contributed by atoms with Gasteiger partial charge in [-0.15, -0.1) is 0 Å². The van der Waals surface area contributed by atoms with Crippen molar-refractivity contribution in [1.29, 1.82) is 0 Å². The molecule has 1 aliphatic rings. The average Bonchev–Trinajstić information content (AvgIpc) is 2.59. The fourth-order valence-electron chi connectivity index (χ4n) is 2.83. The highest BCUT2D eigenvalue weighted by Crippen LogP contribution is 2.34. The standard InChI is InChI=1S/C17H10BrN3O2/c18-14-5-4-13-15-11(14)2-1-3-12(15)16(22)21(17(13)23)9-10-8-19-6-7-20-10/h1-8H,9H2. The van der Waals surface area contributed by atoms with Crippen LogP contribution in [0.15, 0.2) is 53.4 Å². The van der Waals surface area contributed by atoms with Gasteiger partial charge >= 0.3 is 0 Å². The van der Waals surface area contributed by atoms with Crippen LogP contribution in [0.1, 0.15) is 26.4 Å². The van der Waals surface area contributed by atoms with Gasteiger partial charge in [0, 0.05) is 33.4 Å². The maximum Gasteiger partial charge on any atom is 0.261 e. The number of benzene rings is 2. The first-order valence-corrected chi connectivity index (χ1v) is 7.78. The third-order valence-electron chi connectivity index (χ3n) is 3.88. The number of rotatable bonds is 2. The van der Waals surface area contributed by atoms with Gasteiger partial charge in [-0.05, 0) is 23.6 Å². The number of nitrogens with zero attached hydrogens (tertiary/aromatic N) is 3. The Bertz CT molecular complexity index is 934. The SMILES string of the molecule is O=C1c2cccc3c(Br)ccc(c23)C(=O)N1Cc1cnccn1. The smallest absolute Gasteiger partial charge is 0.261 e. The Hall–Kier alpha value is -2.60. The van der Waals surface area contributed by atoms with Crippen LogP contribution < -0.4 is 0 Å². The van der Waals surface area contributed by atoms with Crippen LogP contribution in [0.5, 0.6) is 0 Å². The van der Waals surface area contributed by atoms with E-state index in [9.17, 15) is 9.59 Å². The topological polar surface area (TPSA) is 63.2 Å². The molecule has 2 heterocycles. The Balaban J connectivity index is 1.87. The lowest BCUT2D eigenvalue weighted by molar-refractivity contribution is 0.0596. The molecule has 0 saturated carbocycles. The number of hydrogen-bond donors (Lipinski definition) is 0. The minimum Gasteiger partial charge on any atom is -0.269 e. The fourth-order valence-corrected chi connectivity index (χ4v) is 3.29. The second-order valence-electron chi connectivity index (χ2n) is 5.22. The number of halogens is 1. The minimum atomic E-state index is -0.308. The van der Waals surface area contributed by atoms with Gasteiger partial charge in [-0.2, -0.15) is 0 Å². The maximum absolute atomic E-state index is 12.8. The van der Waals surface area contributed by atoms with Crippen molar-refractivity contribution >= 4 is 38.5 Å². The minimum absolute atomic E-state index is 0.109. The zero-order valence-electron chi connectivity index (χ0n) is 11.9. The highest BCUT2D eigenvalue weighted by molar-refractivity contribution is 9.10. The second-order valence-corrected chi connectivity index (χ2v) is 6.07. The zero-order valence-corrected chi connectivity index (χ0v) is 13.4. The number of carbonyl (C=O) groups is 2. The lowest BCUT2D eigenvalue weighted by atomic mass is 9.94. The molecule has 0 radical (unpaired) electrons. The van der Waals surface area contributed by atoms with Crippen molar-refractivity contribution in [2.45, 2.75) is 6.54 Å². The molecule has 0 aliphatic carbocycles. The van der Waals surface area contributed by atoms with Gasteiger partial charge in [-0.3, -0.25) is 24.5 Å². The molecule has 3 aromatic rings. The van der Waals surface area contributed by atoms with E-state index in [1.54, 1.807) is 30.7 Å². The van der Waals surface area contributed by atoms with Gasteiger partial charge in [0.25, 0.3) is 11.8 Å². The average molecular weight is 368 g/mol. The van der Waals surface area contributed by atoms with Crippen molar-refractivity contribution in [2.75, 3.05) is 0 Å². The zero-order chi connectivity index (χ0) is 16.0. The van der Waals surface area contributed by atoms with Gasteiger partial charge in [-0.25, -0.2) is 0 Å². The van der Waals surface area contributed by atoms with E-state index in [0.717, 1.165) is 9.86 Å². The summed E-state index contributed by atoms with van der Waals surface area (Å²) in [6, 6.07) is 9.03. The summed E-state index contributed by atoms with van der Waals surface area (Å²) in [5.41, 5.74) is 1.63. The molecular weight excluding hydrogens is 358 g/mol. The first-order chi connectivity index (χ1) is 11.2. The van der Waals surface area contributed by atoms with Crippen LogP contribution in [0.3, 0.4) is 0 Å². The van der Waals surface area contributed by atoms with Crippen LogP contribution in [0.4, 0.5) is 0 Å². The molecule has 23 heavy (non-hydrogen) atoms. The molecule has 5 nitrogen and oxygen atoms in total. The quantitative estimate of drug-likeness (QED) is 0.652. The van der Waals surface area contributed by atoms with Crippen molar-refractivity contribution in [2.24, 2.45) is 0 Å². The third-order valence-corrected chi connectivity index (χ3v) is 4.57. The molecule has 2 aromatic carbocycles. The normalized spacial score (nSPS) is 13.7. The number of carbonyl (C=O) groups excluding carboxylic acids is 2. The number of imide groups is 1. The van der Waals surface area contributed by atoms with Crippen molar-refractivity contribution in [3.63, 3.8) is 0 Å². The van der Waals surface area contributed by atoms with E-state index in [0.29, 0.717) is 22.2 Å². The first kappa shape index (κ1) is 14.0. The summed E-state index contributed by atoms with van der Waals surface area (Å²) in [6.07, 6.45) is 4.65. The van der Waals surface area contributed by atoms with Crippen molar-refractivity contribution < 1.29 is 9.59 Å². The van der Waals surface area contributed by atoms with E-state index in [2.05, 4.69) is 25.9 Å². The largest absolute Gasteiger partial charge is 0.269 e. The van der Waals surface area contributed by atoms with E-state index in [1.165, 1.54) is 4.90 Å². The molecule has 0 atom stereocenters. The molecule has 6 heteroatoms. The Morgan fingerprint density at radius 3 is 2.52 bits per heavy atom. The summed E-state index contributed by atoms with van der Waals surface area (Å²) in [7, 11) is 0. The van der Waals surface area contributed by atoms with Crippen LogP contribution in [0.25, 0.3) is 10.8 Å². The van der Waals surface area contributed by atoms with E-state index >= 15 is 0 Å². The van der Waals surface area contributed by atoms with Crippen molar-refractivity contribution in [3.05, 3.63) is 70.2 Å². The van der Waals surface area contributed by atoms with Crippen molar-refractivity contribution in [3.8, 4) is 0 Å². The maximum atomic E-state index is 12.8. The second kappa shape index (κ2) is 5.24. The van der Waals surface area contributed by atoms with E-state index < -0.39 is 0 Å². The highest BCUT2D eigenvalue weighted by Gasteiger charge is 2.33. The summed E-state index contributed by atoms with van der Waals surface area (Å²) in [5, 5.41) is 1.56. The Morgan fingerprint density at radius 1 is 1.00 bits per heavy atom. The summed E-state index contributed by atoms with van der Waals surface area (Å²) in [5.74, 6) is -0.617. The molecule has 2 amide bonds. The fraction of sp³-hybridized carbons (Fsp3) is 0.0588. The molecular formula is C17H10BrN3O2. The van der Waals surface area contributed by atoms with Crippen LogP contribution >= 0.6 is 15.9 Å². The van der Waals surface area contributed by atoms with Gasteiger partial charge in [0.05, 0.1) is 18.4 Å². The van der Waals surface area contributed by atoms with E-state index in [1.807, 2.05) is 18.2 Å². The molecule has 0 spiro atoms. The lowest BCUT2D eigenvalue weighted by Gasteiger charge is -2.27. The van der Waals surface area contributed by atoms with E-state index in [-0.39, 0.29) is 18.4 Å². The van der Waals surface area contributed by atoms with Crippen LogP contribution in [-0.2, 0) is 6.54 Å². The van der Waals surface area contributed by atoms with Crippen LogP contribution in [-0.4, -0.2) is 26.7 Å². The molecule has 4 rings (SSSR count). The number of aromatic nitrogens is 2. The summed E-state index contributed by atoms with van der Waals surface area (Å²) >= 11 is 3.47. The van der Waals surface area contributed by atoms with Crippen molar-refractivity contribution in [1.82, 2.24) is 14.9 Å². The molecule has 0 N–H and O–H groups in total.